The minimum atomic E-state index is -0.196. The van der Waals surface area contributed by atoms with Gasteiger partial charge in [-0.1, -0.05) is 18.1 Å². The average Bonchev–Trinajstić information content (AvgIpc) is 2.18. The van der Waals surface area contributed by atoms with Gasteiger partial charge >= 0.3 is 0 Å². The lowest BCUT2D eigenvalue weighted by Crippen LogP contribution is -2.28. The van der Waals surface area contributed by atoms with Crippen molar-refractivity contribution in [2.75, 3.05) is 6.54 Å². The van der Waals surface area contributed by atoms with Crippen LogP contribution in [0.5, 0.6) is 0 Å². The van der Waals surface area contributed by atoms with Crippen molar-refractivity contribution in [1.29, 1.82) is 0 Å². The summed E-state index contributed by atoms with van der Waals surface area (Å²) in [5, 5.41) is 3.17. The minimum Gasteiger partial charge on any atom is -0.303 e. The molecule has 0 heterocycles. The number of nitrogens with one attached hydrogen (secondary N) is 1. The van der Waals surface area contributed by atoms with E-state index in [4.69, 9.17) is 6.42 Å². The highest BCUT2D eigenvalue weighted by molar-refractivity contribution is 5.85. The van der Waals surface area contributed by atoms with E-state index in [9.17, 15) is 4.39 Å². The summed E-state index contributed by atoms with van der Waals surface area (Å²) in [5.74, 6) is 2.33. The second-order valence-corrected chi connectivity index (χ2v) is 3.32. The maximum absolute atomic E-state index is 12.6. The highest BCUT2D eigenvalue weighted by Crippen LogP contribution is 2.05. The van der Waals surface area contributed by atoms with Gasteiger partial charge in [-0.25, -0.2) is 4.39 Å². The molecule has 0 fully saturated rings. The maximum Gasteiger partial charge on any atom is 0.123 e. The van der Waals surface area contributed by atoms with E-state index < -0.39 is 0 Å². The van der Waals surface area contributed by atoms with Gasteiger partial charge in [-0.05, 0) is 31.0 Å². The van der Waals surface area contributed by atoms with Gasteiger partial charge in [-0.15, -0.1) is 18.8 Å². The molecule has 1 aromatic carbocycles. The highest BCUT2D eigenvalue weighted by atomic mass is 35.5. The predicted octanol–water partition coefficient (Wildman–Crippen LogP) is 2.40. The molecule has 1 nitrogen and oxygen atoms in total. The molecule has 0 radical (unpaired) electrons. The first kappa shape index (κ1) is 14.0. The molecule has 0 saturated carbocycles. The van der Waals surface area contributed by atoms with Gasteiger partial charge in [-0.2, -0.15) is 0 Å². The molecule has 0 bridgehead atoms. The molecular weight excluding hydrogens is 213 g/mol. The molecule has 15 heavy (non-hydrogen) atoms. The molecule has 1 N–H and O–H groups in total. The van der Waals surface area contributed by atoms with Crippen molar-refractivity contribution in [3.8, 4) is 12.3 Å². The van der Waals surface area contributed by atoms with Gasteiger partial charge in [0.05, 0.1) is 6.54 Å². The number of hydrogen-bond donors (Lipinski definition) is 1. The molecule has 0 amide bonds. The lowest BCUT2D eigenvalue weighted by molar-refractivity contribution is 0.583. The Labute approximate surface area is 96.5 Å². The Hall–Kier alpha value is -1.04. The van der Waals surface area contributed by atoms with Crippen molar-refractivity contribution in [3.05, 3.63) is 35.6 Å². The van der Waals surface area contributed by atoms with Crippen molar-refractivity contribution in [2.45, 2.75) is 19.4 Å². The van der Waals surface area contributed by atoms with Gasteiger partial charge in [0, 0.05) is 6.04 Å². The van der Waals surface area contributed by atoms with Crippen LogP contribution in [0.4, 0.5) is 4.39 Å². The van der Waals surface area contributed by atoms with Crippen LogP contribution in [0, 0.1) is 18.2 Å². The summed E-state index contributed by atoms with van der Waals surface area (Å²) in [4.78, 5) is 0. The quantitative estimate of drug-likeness (QED) is 0.779. The maximum atomic E-state index is 12.6. The highest BCUT2D eigenvalue weighted by Gasteiger charge is 2.01. The van der Waals surface area contributed by atoms with Gasteiger partial charge in [0.25, 0.3) is 0 Å². The molecule has 1 rings (SSSR count). The molecule has 0 aromatic heterocycles. The summed E-state index contributed by atoms with van der Waals surface area (Å²) in [6.45, 7) is 2.63. The van der Waals surface area contributed by atoms with E-state index in [1.807, 2.05) is 0 Å². The zero-order valence-corrected chi connectivity index (χ0v) is 9.48. The van der Waals surface area contributed by atoms with Crippen LogP contribution in [0.3, 0.4) is 0 Å². The lowest BCUT2D eigenvalue weighted by atomic mass is 10.1. The summed E-state index contributed by atoms with van der Waals surface area (Å²) in [6.07, 6.45) is 5.99. The molecule has 1 aromatic rings. The lowest BCUT2D eigenvalue weighted by Gasteiger charge is -2.11. The Bertz CT molecular complexity index is 315. The first-order valence-corrected chi connectivity index (χ1v) is 4.63. The summed E-state index contributed by atoms with van der Waals surface area (Å²) in [6, 6.07) is 6.86. The number of rotatable bonds is 4. The van der Waals surface area contributed by atoms with Crippen molar-refractivity contribution in [1.82, 2.24) is 5.32 Å². The molecule has 0 aliphatic rings. The Morgan fingerprint density at radius 3 is 2.53 bits per heavy atom. The van der Waals surface area contributed by atoms with E-state index in [1.165, 1.54) is 12.1 Å². The first-order valence-electron chi connectivity index (χ1n) is 4.63. The third kappa shape index (κ3) is 5.41. The van der Waals surface area contributed by atoms with Crippen LogP contribution < -0.4 is 5.32 Å². The fraction of sp³-hybridized carbons (Fsp3) is 0.333. The normalized spacial score (nSPS) is 11.3. The van der Waals surface area contributed by atoms with Crippen molar-refractivity contribution in [2.24, 2.45) is 0 Å². The number of terminal acetylenes is 1. The van der Waals surface area contributed by atoms with Crippen LogP contribution in [0.2, 0.25) is 0 Å². The molecule has 0 aliphatic carbocycles. The molecule has 82 valence electrons. The molecule has 1 atom stereocenters. The van der Waals surface area contributed by atoms with Gasteiger partial charge in [0.15, 0.2) is 0 Å². The average molecular weight is 228 g/mol. The van der Waals surface area contributed by atoms with Gasteiger partial charge in [0.1, 0.15) is 5.82 Å². The van der Waals surface area contributed by atoms with Crippen molar-refractivity contribution >= 4 is 12.4 Å². The van der Waals surface area contributed by atoms with Gasteiger partial charge in [0.2, 0.25) is 0 Å². The van der Waals surface area contributed by atoms with Crippen LogP contribution in [0.15, 0.2) is 24.3 Å². The van der Waals surface area contributed by atoms with Crippen LogP contribution in [0.25, 0.3) is 0 Å². The minimum absolute atomic E-state index is 0. The van der Waals surface area contributed by atoms with Crippen LogP contribution >= 0.6 is 12.4 Å². The molecule has 0 saturated heterocycles. The molecule has 0 aliphatic heterocycles. The fourth-order valence-electron chi connectivity index (χ4n) is 1.28. The second kappa shape index (κ2) is 7.28. The summed E-state index contributed by atoms with van der Waals surface area (Å²) in [7, 11) is 0. The van der Waals surface area contributed by atoms with Crippen molar-refractivity contribution < 1.29 is 4.39 Å². The van der Waals surface area contributed by atoms with Crippen LogP contribution in [0.1, 0.15) is 12.5 Å². The fourth-order valence-corrected chi connectivity index (χ4v) is 1.28. The smallest absolute Gasteiger partial charge is 0.123 e. The molecule has 1 unspecified atom stereocenters. The van der Waals surface area contributed by atoms with E-state index in [1.54, 1.807) is 12.1 Å². The Morgan fingerprint density at radius 2 is 2.00 bits per heavy atom. The monoisotopic (exact) mass is 227 g/mol. The van der Waals surface area contributed by atoms with Gasteiger partial charge < -0.3 is 5.32 Å². The second-order valence-electron chi connectivity index (χ2n) is 3.32. The molecular formula is C12H15ClFN. The topological polar surface area (TPSA) is 12.0 Å². The SMILES string of the molecule is C#CCNC(C)Cc1ccc(F)cc1.Cl. The summed E-state index contributed by atoms with van der Waals surface area (Å²) >= 11 is 0. The Morgan fingerprint density at radius 1 is 1.40 bits per heavy atom. The van der Waals surface area contributed by atoms with E-state index in [-0.39, 0.29) is 18.2 Å². The predicted molar refractivity (Wildman–Crippen MR) is 63.6 cm³/mol. The number of benzene rings is 1. The number of halogens is 2. The van der Waals surface area contributed by atoms with Crippen molar-refractivity contribution in [3.63, 3.8) is 0 Å². The van der Waals surface area contributed by atoms with E-state index >= 15 is 0 Å². The van der Waals surface area contributed by atoms with E-state index in [0.717, 1.165) is 12.0 Å². The molecule has 3 heteroatoms. The standard InChI is InChI=1S/C12H14FN.ClH/c1-3-8-14-10(2)9-11-4-6-12(13)7-5-11;/h1,4-7,10,14H,8-9H2,2H3;1H. The van der Waals surface area contributed by atoms with E-state index in [0.29, 0.717) is 12.6 Å². The van der Waals surface area contributed by atoms with E-state index in [2.05, 4.69) is 18.2 Å². The third-order valence-corrected chi connectivity index (χ3v) is 2.01. The Kier molecular flexibility index (Phi) is 6.77. The first-order chi connectivity index (χ1) is 6.72. The summed E-state index contributed by atoms with van der Waals surface area (Å²) in [5.41, 5.74) is 1.11. The largest absolute Gasteiger partial charge is 0.303 e. The van der Waals surface area contributed by atoms with Crippen LogP contribution in [-0.2, 0) is 6.42 Å². The number of hydrogen-bond acceptors (Lipinski definition) is 1. The van der Waals surface area contributed by atoms with Gasteiger partial charge in [-0.3, -0.25) is 0 Å². The zero-order chi connectivity index (χ0) is 10.4. The third-order valence-electron chi connectivity index (χ3n) is 2.01. The summed E-state index contributed by atoms with van der Waals surface area (Å²) < 4.78 is 12.6. The molecule has 0 spiro atoms. The Balaban J connectivity index is 0.00000196. The van der Waals surface area contributed by atoms with Crippen LogP contribution in [-0.4, -0.2) is 12.6 Å². The zero-order valence-electron chi connectivity index (χ0n) is 8.66.